The number of rotatable bonds is 10. The van der Waals surface area contributed by atoms with Gasteiger partial charge in [-0.25, -0.2) is 9.18 Å². The minimum atomic E-state index is -1.74. The number of alkyl halides is 1. The normalized spacial score (nSPS) is 13.2. The maximum absolute atomic E-state index is 15.6. The number of ether oxygens (including phenoxy) is 1. The van der Waals surface area contributed by atoms with Crippen molar-refractivity contribution in [2.45, 2.75) is 45.8 Å². The highest BCUT2D eigenvalue weighted by atomic mass is 19.1. The number of esters is 1. The molecule has 3 rings (SSSR count). The zero-order valence-electron chi connectivity index (χ0n) is 18.2. The van der Waals surface area contributed by atoms with Crippen LogP contribution in [0.3, 0.4) is 0 Å². The van der Waals surface area contributed by atoms with Crippen molar-refractivity contribution in [1.29, 1.82) is 0 Å². The molecule has 0 aliphatic heterocycles. The molecule has 2 atom stereocenters. The number of nitrogens with zero attached hydrogens (tertiary/aromatic N) is 1. The van der Waals surface area contributed by atoms with Gasteiger partial charge in [0.15, 0.2) is 0 Å². The largest absolute Gasteiger partial charge is 0.459 e. The minimum absolute atomic E-state index is 0.0717. The average Bonchev–Trinajstić information content (AvgIpc) is 2.79. The second-order valence-electron chi connectivity index (χ2n) is 8.11. The molecule has 3 nitrogen and oxygen atoms in total. The van der Waals surface area contributed by atoms with E-state index in [4.69, 9.17) is 4.74 Å². The van der Waals surface area contributed by atoms with Gasteiger partial charge < -0.3 is 4.74 Å². The van der Waals surface area contributed by atoms with E-state index in [1.54, 1.807) is 0 Å². The Balaban J connectivity index is 1.78. The Kier molecular flexibility index (Phi) is 8.36. The fourth-order valence-electron chi connectivity index (χ4n) is 3.79. The number of halogens is 1. The summed E-state index contributed by atoms with van der Waals surface area (Å²) in [4.78, 5) is 14.7. The molecule has 0 aliphatic carbocycles. The number of carbonyl (C=O) groups is 1. The highest BCUT2D eigenvalue weighted by Gasteiger charge is 2.36. The van der Waals surface area contributed by atoms with Gasteiger partial charge in [-0.05, 0) is 22.6 Å². The van der Waals surface area contributed by atoms with Gasteiger partial charge in [0.25, 0.3) is 0 Å². The Morgan fingerprint density at radius 3 is 1.61 bits per heavy atom. The van der Waals surface area contributed by atoms with Crippen LogP contribution in [0.5, 0.6) is 0 Å². The molecular weight excluding hydrogens is 389 g/mol. The van der Waals surface area contributed by atoms with Crippen molar-refractivity contribution in [1.82, 2.24) is 4.90 Å². The first-order valence-electron chi connectivity index (χ1n) is 10.7. The molecule has 0 aromatic heterocycles. The van der Waals surface area contributed by atoms with E-state index in [-0.39, 0.29) is 12.5 Å². The van der Waals surface area contributed by atoms with E-state index in [1.807, 2.05) is 110 Å². The molecule has 3 aromatic carbocycles. The SMILES string of the molecule is CC(C)[C@@H]([C@@H](F)C(=O)OCc1ccccc1)N(Cc1ccccc1)Cc1ccccc1. The van der Waals surface area contributed by atoms with Crippen molar-refractivity contribution >= 4 is 5.97 Å². The molecule has 3 aromatic rings. The summed E-state index contributed by atoms with van der Waals surface area (Å²) >= 11 is 0. The van der Waals surface area contributed by atoms with E-state index >= 15 is 4.39 Å². The Hall–Kier alpha value is -2.98. The number of hydrogen-bond donors (Lipinski definition) is 0. The number of carbonyl (C=O) groups excluding carboxylic acids is 1. The summed E-state index contributed by atoms with van der Waals surface area (Å²) in [5.74, 6) is -0.889. The van der Waals surface area contributed by atoms with E-state index in [0.717, 1.165) is 16.7 Å². The lowest BCUT2D eigenvalue weighted by Crippen LogP contribution is -2.48. The van der Waals surface area contributed by atoms with Crippen LogP contribution in [0.1, 0.15) is 30.5 Å². The first-order valence-corrected chi connectivity index (χ1v) is 10.7. The summed E-state index contributed by atoms with van der Waals surface area (Å²) in [5.41, 5.74) is 3.00. The van der Waals surface area contributed by atoms with Gasteiger partial charge in [-0.2, -0.15) is 0 Å². The predicted molar refractivity (Wildman–Crippen MR) is 122 cm³/mol. The molecule has 0 unspecified atom stereocenters. The number of hydrogen-bond acceptors (Lipinski definition) is 3. The van der Waals surface area contributed by atoms with Crippen LogP contribution in [0.25, 0.3) is 0 Å². The first kappa shape index (κ1) is 22.7. The standard InChI is InChI=1S/C27H30FNO2/c1-21(2)26(25(28)27(30)31-20-24-16-10-5-11-17-24)29(18-22-12-6-3-7-13-22)19-23-14-8-4-9-15-23/h3-17,21,25-26H,18-20H2,1-2H3/t25-,26+/m1/s1. The third-order valence-corrected chi connectivity index (χ3v) is 5.31. The molecular formula is C27H30FNO2. The first-order chi connectivity index (χ1) is 15.0. The van der Waals surface area contributed by atoms with Crippen LogP contribution in [0.2, 0.25) is 0 Å². The molecule has 0 N–H and O–H groups in total. The highest BCUT2D eigenvalue weighted by molar-refractivity contribution is 5.75. The third kappa shape index (κ3) is 6.76. The average molecular weight is 420 g/mol. The summed E-state index contributed by atoms with van der Waals surface area (Å²) in [6.07, 6.45) is -1.74. The molecule has 0 spiro atoms. The smallest absolute Gasteiger partial charge is 0.342 e. The lowest BCUT2D eigenvalue weighted by Gasteiger charge is -2.36. The van der Waals surface area contributed by atoms with Gasteiger partial charge in [-0.3, -0.25) is 4.90 Å². The summed E-state index contributed by atoms with van der Waals surface area (Å²) in [7, 11) is 0. The van der Waals surface area contributed by atoms with Crippen LogP contribution in [0.15, 0.2) is 91.0 Å². The van der Waals surface area contributed by atoms with Gasteiger partial charge in [0.1, 0.15) is 6.61 Å². The summed E-state index contributed by atoms with van der Waals surface area (Å²) in [5, 5.41) is 0. The van der Waals surface area contributed by atoms with Crippen molar-refractivity contribution in [3.63, 3.8) is 0 Å². The Bertz CT molecular complexity index is 874. The van der Waals surface area contributed by atoms with Crippen molar-refractivity contribution in [2.75, 3.05) is 0 Å². The lowest BCUT2D eigenvalue weighted by atomic mass is 9.96. The van der Waals surface area contributed by atoms with Crippen LogP contribution in [0.4, 0.5) is 4.39 Å². The Morgan fingerprint density at radius 2 is 1.19 bits per heavy atom. The van der Waals surface area contributed by atoms with E-state index < -0.39 is 18.2 Å². The molecule has 0 heterocycles. The second kappa shape index (κ2) is 11.4. The molecule has 0 saturated carbocycles. The molecule has 0 saturated heterocycles. The van der Waals surface area contributed by atoms with E-state index in [1.165, 1.54) is 0 Å². The maximum Gasteiger partial charge on any atom is 0.342 e. The molecule has 4 heteroatoms. The summed E-state index contributed by atoms with van der Waals surface area (Å²) < 4.78 is 20.9. The second-order valence-corrected chi connectivity index (χ2v) is 8.11. The molecule has 31 heavy (non-hydrogen) atoms. The monoisotopic (exact) mass is 419 g/mol. The third-order valence-electron chi connectivity index (χ3n) is 5.31. The lowest BCUT2D eigenvalue weighted by molar-refractivity contribution is -0.155. The van der Waals surface area contributed by atoms with Crippen LogP contribution >= 0.6 is 0 Å². The van der Waals surface area contributed by atoms with Crippen LogP contribution in [-0.2, 0) is 29.2 Å². The van der Waals surface area contributed by atoms with Gasteiger partial charge in [-0.15, -0.1) is 0 Å². The zero-order valence-corrected chi connectivity index (χ0v) is 18.2. The molecule has 0 bridgehead atoms. The van der Waals surface area contributed by atoms with E-state index in [9.17, 15) is 4.79 Å². The molecule has 0 fully saturated rings. The highest BCUT2D eigenvalue weighted by Crippen LogP contribution is 2.24. The summed E-state index contributed by atoms with van der Waals surface area (Å²) in [6, 6.07) is 28.7. The minimum Gasteiger partial charge on any atom is -0.459 e. The van der Waals surface area contributed by atoms with Gasteiger partial charge in [0.05, 0.1) is 6.04 Å². The van der Waals surface area contributed by atoms with Gasteiger partial charge in [0, 0.05) is 13.1 Å². The van der Waals surface area contributed by atoms with Crippen molar-refractivity contribution < 1.29 is 13.9 Å². The topological polar surface area (TPSA) is 29.5 Å². The number of benzene rings is 3. The Labute approximate surface area is 184 Å². The fraction of sp³-hybridized carbons (Fsp3) is 0.296. The van der Waals surface area contributed by atoms with E-state index in [0.29, 0.717) is 13.1 Å². The molecule has 162 valence electrons. The van der Waals surface area contributed by atoms with Crippen LogP contribution in [0, 0.1) is 5.92 Å². The zero-order chi connectivity index (χ0) is 22.1. The quantitative estimate of drug-likeness (QED) is 0.389. The van der Waals surface area contributed by atoms with Gasteiger partial charge in [-0.1, -0.05) is 105 Å². The van der Waals surface area contributed by atoms with Crippen molar-refractivity contribution in [3.05, 3.63) is 108 Å². The molecule has 0 aliphatic rings. The Morgan fingerprint density at radius 1 is 0.774 bits per heavy atom. The van der Waals surface area contributed by atoms with Crippen molar-refractivity contribution in [2.24, 2.45) is 5.92 Å². The predicted octanol–water partition coefficient (Wildman–Crippen LogP) is 5.79. The van der Waals surface area contributed by atoms with Crippen LogP contribution in [-0.4, -0.2) is 23.1 Å². The summed E-state index contributed by atoms with van der Waals surface area (Å²) in [6.45, 7) is 5.06. The van der Waals surface area contributed by atoms with Crippen molar-refractivity contribution in [3.8, 4) is 0 Å². The fourth-order valence-corrected chi connectivity index (χ4v) is 3.79. The molecule has 0 amide bonds. The van der Waals surface area contributed by atoms with Crippen LogP contribution < -0.4 is 0 Å². The van der Waals surface area contributed by atoms with E-state index in [2.05, 4.69) is 0 Å². The molecule has 0 radical (unpaired) electrons. The van der Waals surface area contributed by atoms with Gasteiger partial charge >= 0.3 is 5.97 Å². The maximum atomic E-state index is 15.6. The van der Waals surface area contributed by atoms with Gasteiger partial charge in [0.2, 0.25) is 6.17 Å².